The van der Waals surface area contributed by atoms with Crippen LogP contribution in [0.25, 0.3) is 0 Å². The van der Waals surface area contributed by atoms with E-state index in [1.165, 1.54) is 18.3 Å². The smallest absolute Gasteiger partial charge is 0.260 e. The summed E-state index contributed by atoms with van der Waals surface area (Å²) in [5, 5.41) is 4.34. The van der Waals surface area contributed by atoms with Crippen LogP contribution in [0, 0.1) is 0 Å². The second-order valence-corrected chi connectivity index (χ2v) is 8.96. The quantitative estimate of drug-likeness (QED) is 0.498. The van der Waals surface area contributed by atoms with Gasteiger partial charge in [-0.1, -0.05) is 11.6 Å². The van der Waals surface area contributed by atoms with Crippen molar-refractivity contribution in [2.45, 2.75) is 0 Å². The molecule has 0 radical (unpaired) electrons. The van der Waals surface area contributed by atoms with Crippen LogP contribution in [0.3, 0.4) is 0 Å². The highest BCUT2D eigenvalue weighted by molar-refractivity contribution is 9.10. The summed E-state index contributed by atoms with van der Waals surface area (Å²) >= 11 is 9.21. The summed E-state index contributed by atoms with van der Waals surface area (Å²) in [7, 11) is -3.68. The Balaban J connectivity index is 1.68. The molecule has 1 aliphatic rings. The topological polar surface area (TPSA) is 97.3 Å². The number of nitrogens with one attached hydrogen (secondary N) is 1. The Morgan fingerprint density at radius 2 is 1.93 bits per heavy atom. The number of anilines is 1. The number of nitrogens with zero attached hydrogens (tertiary/aromatic N) is 2. The van der Waals surface area contributed by atoms with Crippen molar-refractivity contribution in [2.75, 3.05) is 23.9 Å². The molecule has 0 bridgehead atoms. The molecule has 0 saturated carbocycles. The minimum absolute atomic E-state index is 0.144. The maximum absolute atomic E-state index is 12.2. The number of hydrogen-bond acceptors (Lipinski definition) is 6. The normalized spacial score (nSPS) is 13.0. The van der Waals surface area contributed by atoms with Crippen molar-refractivity contribution < 1.29 is 22.7 Å². The number of halogens is 2. The lowest BCUT2D eigenvalue weighted by molar-refractivity contribution is -0.119. The first-order valence-corrected chi connectivity index (χ1v) is 10.9. The third kappa shape index (κ3) is 4.94. The second-order valence-electron chi connectivity index (χ2n) is 5.77. The third-order valence-corrected chi connectivity index (χ3v) is 5.77. The molecule has 0 saturated heterocycles. The van der Waals surface area contributed by atoms with E-state index in [0.717, 1.165) is 10.6 Å². The van der Waals surface area contributed by atoms with Gasteiger partial charge in [-0.05, 0) is 52.3 Å². The van der Waals surface area contributed by atoms with E-state index >= 15 is 0 Å². The average Bonchev–Trinajstić information content (AvgIpc) is 3.07. The molecule has 1 N–H and O–H groups in total. The predicted molar refractivity (Wildman–Crippen MR) is 110 cm³/mol. The van der Waals surface area contributed by atoms with Gasteiger partial charge >= 0.3 is 0 Å². The molecule has 2 aromatic rings. The molecule has 3 rings (SSSR count). The minimum atomic E-state index is -3.68. The summed E-state index contributed by atoms with van der Waals surface area (Å²) < 4.78 is 36.3. The lowest BCUT2D eigenvalue weighted by atomic mass is 10.2. The van der Waals surface area contributed by atoms with Gasteiger partial charge in [0.2, 0.25) is 16.8 Å². The van der Waals surface area contributed by atoms with Crippen LogP contribution in [0.2, 0.25) is 5.02 Å². The lowest BCUT2D eigenvalue weighted by Gasteiger charge is -2.21. The highest BCUT2D eigenvalue weighted by Gasteiger charge is 2.21. The monoisotopic (exact) mass is 487 g/mol. The van der Waals surface area contributed by atoms with E-state index in [1.54, 1.807) is 24.3 Å². The molecule has 8 nitrogen and oxygen atoms in total. The maximum Gasteiger partial charge on any atom is 0.260 e. The molecule has 0 fully saturated rings. The zero-order valence-electron chi connectivity index (χ0n) is 14.6. The first kappa shape index (κ1) is 20.4. The first-order chi connectivity index (χ1) is 13.2. The number of sulfonamides is 1. The third-order valence-electron chi connectivity index (χ3n) is 3.69. The van der Waals surface area contributed by atoms with Crippen LogP contribution in [-0.2, 0) is 14.8 Å². The number of carbonyl (C=O) groups is 1. The summed E-state index contributed by atoms with van der Waals surface area (Å²) in [5.41, 5.74) is 3.29. The molecule has 28 heavy (non-hydrogen) atoms. The molecular weight excluding hydrogens is 474 g/mol. The highest BCUT2D eigenvalue weighted by atomic mass is 79.9. The fourth-order valence-electron chi connectivity index (χ4n) is 2.38. The summed E-state index contributed by atoms with van der Waals surface area (Å²) in [5.74, 6) is 0.579. The molecule has 2 aromatic carbocycles. The van der Waals surface area contributed by atoms with E-state index in [2.05, 4.69) is 26.5 Å². The molecule has 0 aliphatic carbocycles. The van der Waals surface area contributed by atoms with Gasteiger partial charge in [0.05, 0.1) is 18.2 Å². The minimum Gasteiger partial charge on any atom is -0.454 e. The zero-order chi connectivity index (χ0) is 20.3. The van der Waals surface area contributed by atoms with Gasteiger partial charge in [0, 0.05) is 15.1 Å². The Kier molecular flexibility index (Phi) is 6.11. The molecule has 11 heteroatoms. The predicted octanol–water partition coefficient (Wildman–Crippen LogP) is 2.75. The van der Waals surface area contributed by atoms with Crippen LogP contribution in [0.4, 0.5) is 5.69 Å². The molecule has 0 atom stereocenters. The van der Waals surface area contributed by atoms with Gasteiger partial charge in [-0.2, -0.15) is 5.10 Å². The fraction of sp³-hybridized carbons (Fsp3) is 0.176. The Bertz CT molecular complexity index is 1030. The van der Waals surface area contributed by atoms with Crippen molar-refractivity contribution in [3.05, 3.63) is 51.5 Å². The summed E-state index contributed by atoms with van der Waals surface area (Å²) in [6.45, 7) is -0.286. The van der Waals surface area contributed by atoms with Crippen LogP contribution in [0.5, 0.6) is 11.5 Å². The van der Waals surface area contributed by atoms with Gasteiger partial charge < -0.3 is 9.47 Å². The molecule has 0 spiro atoms. The summed E-state index contributed by atoms with van der Waals surface area (Å²) in [6.07, 6.45) is 2.43. The standard InChI is InChI=1S/C17H15BrClN3O5S/c1-28(24,25)22(13-4-2-12(19)3-5-13)9-17(23)21-20-8-11-6-15-16(7-14(11)18)27-10-26-15/h2-8H,9-10H2,1H3,(H,21,23)/b20-8-. The van der Waals surface area contributed by atoms with E-state index in [1.807, 2.05) is 0 Å². The molecular formula is C17H15BrClN3O5S. The number of fused-ring (bicyclic) bond motifs is 1. The van der Waals surface area contributed by atoms with Crippen molar-refractivity contribution in [1.82, 2.24) is 5.43 Å². The van der Waals surface area contributed by atoms with Crippen LogP contribution < -0.4 is 19.2 Å². The van der Waals surface area contributed by atoms with Crippen LogP contribution in [0.15, 0.2) is 46.0 Å². The SMILES string of the molecule is CS(=O)(=O)N(CC(=O)N/N=C\c1cc2c(cc1Br)OCO2)c1ccc(Cl)cc1. The average molecular weight is 489 g/mol. The molecule has 0 aromatic heterocycles. The maximum atomic E-state index is 12.2. The highest BCUT2D eigenvalue weighted by Crippen LogP contribution is 2.36. The van der Waals surface area contributed by atoms with Gasteiger partial charge in [0.1, 0.15) is 6.54 Å². The van der Waals surface area contributed by atoms with E-state index in [0.29, 0.717) is 32.2 Å². The Morgan fingerprint density at radius 1 is 1.29 bits per heavy atom. The van der Waals surface area contributed by atoms with Gasteiger partial charge in [0.25, 0.3) is 5.91 Å². The van der Waals surface area contributed by atoms with E-state index in [-0.39, 0.29) is 6.79 Å². The number of ether oxygens (including phenoxy) is 2. The first-order valence-electron chi connectivity index (χ1n) is 7.88. The van der Waals surface area contributed by atoms with Crippen molar-refractivity contribution in [1.29, 1.82) is 0 Å². The number of hydrazone groups is 1. The number of benzene rings is 2. The van der Waals surface area contributed by atoms with E-state index in [4.69, 9.17) is 21.1 Å². The molecule has 1 amide bonds. The Labute approximate surface area is 175 Å². The van der Waals surface area contributed by atoms with Crippen LogP contribution in [-0.4, -0.2) is 40.1 Å². The molecule has 1 heterocycles. The number of amides is 1. The van der Waals surface area contributed by atoms with Crippen molar-refractivity contribution in [3.8, 4) is 11.5 Å². The zero-order valence-corrected chi connectivity index (χ0v) is 17.7. The summed E-state index contributed by atoms with van der Waals surface area (Å²) in [4.78, 5) is 12.2. The van der Waals surface area contributed by atoms with Crippen molar-refractivity contribution in [2.24, 2.45) is 5.10 Å². The van der Waals surface area contributed by atoms with Gasteiger partial charge in [-0.25, -0.2) is 13.8 Å². The largest absolute Gasteiger partial charge is 0.454 e. The summed E-state index contributed by atoms with van der Waals surface area (Å²) in [6, 6.07) is 9.56. The molecule has 0 unspecified atom stereocenters. The number of rotatable bonds is 6. The van der Waals surface area contributed by atoms with Gasteiger partial charge in [-0.3, -0.25) is 9.10 Å². The van der Waals surface area contributed by atoms with E-state index < -0.39 is 22.5 Å². The second kappa shape index (κ2) is 8.38. The van der Waals surface area contributed by atoms with Crippen LogP contribution in [0.1, 0.15) is 5.56 Å². The van der Waals surface area contributed by atoms with Crippen molar-refractivity contribution in [3.63, 3.8) is 0 Å². The Hall–Kier alpha value is -2.30. The van der Waals surface area contributed by atoms with Gasteiger partial charge in [-0.15, -0.1) is 0 Å². The van der Waals surface area contributed by atoms with E-state index in [9.17, 15) is 13.2 Å². The molecule has 1 aliphatic heterocycles. The van der Waals surface area contributed by atoms with Crippen LogP contribution >= 0.6 is 27.5 Å². The fourth-order valence-corrected chi connectivity index (χ4v) is 3.79. The van der Waals surface area contributed by atoms with Gasteiger partial charge in [0.15, 0.2) is 11.5 Å². The lowest BCUT2D eigenvalue weighted by Crippen LogP contribution is -2.39. The molecule has 148 valence electrons. The number of carbonyl (C=O) groups excluding carboxylic acids is 1. The Morgan fingerprint density at radius 3 is 2.57 bits per heavy atom. The van der Waals surface area contributed by atoms with Crippen molar-refractivity contribution >= 4 is 55.4 Å². The number of hydrogen-bond donors (Lipinski definition) is 1.